The van der Waals surface area contributed by atoms with Gasteiger partial charge in [0.2, 0.25) is 0 Å². The summed E-state index contributed by atoms with van der Waals surface area (Å²) in [5.74, 6) is 0.671. The summed E-state index contributed by atoms with van der Waals surface area (Å²) in [5, 5.41) is 7.24. The predicted octanol–water partition coefficient (Wildman–Crippen LogP) is 2.77. The summed E-state index contributed by atoms with van der Waals surface area (Å²) in [6, 6.07) is 2.01. The molecule has 0 aromatic carbocycles. The molecule has 18 heavy (non-hydrogen) atoms. The maximum absolute atomic E-state index is 12.1. The van der Waals surface area contributed by atoms with E-state index < -0.39 is 0 Å². The van der Waals surface area contributed by atoms with Crippen molar-refractivity contribution in [2.45, 2.75) is 52.0 Å². The zero-order valence-corrected chi connectivity index (χ0v) is 11.4. The molecule has 0 bridgehead atoms. The maximum atomic E-state index is 12.1. The molecule has 2 rings (SSSR count). The first-order valence-corrected chi connectivity index (χ1v) is 7.00. The molecule has 1 amide bonds. The molecule has 0 radical (unpaired) electrons. The summed E-state index contributed by atoms with van der Waals surface area (Å²) in [6.45, 7) is 4.87. The molecule has 4 heteroatoms. The zero-order chi connectivity index (χ0) is 13.0. The van der Waals surface area contributed by atoms with Gasteiger partial charge in [-0.25, -0.2) is 0 Å². The van der Waals surface area contributed by atoms with Gasteiger partial charge in [0.05, 0.1) is 0 Å². The van der Waals surface area contributed by atoms with Gasteiger partial charge in [0, 0.05) is 18.8 Å². The van der Waals surface area contributed by atoms with Crippen LogP contribution < -0.4 is 5.32 Å². The molecular formula is C14H23N3O. The Bertz CT molecular complexity index is 391. The Labute approximate surface area is 109 Å². The Hall–Kier alpha value is -1.32. The van der Waals surface area contributed by atoms with E-state index in [0.717, 1.165) is 6.54 Å². The van der Waals surface area contributed by atoms with Gasteiger partial charge in [-0.3, -0.25) is 9.48 Å². The third kappa shape index (κ3) is 3.12. The summed E-state index contributed by atoms with van der Waals surface area (Å²) in [6.07, 6.45) is 8.17. The third-order valence-corrected chi connectivity index (χ3v) is 3.67. The maximum Gasteiger partial charge on any atom is 0.269 e. The Morgan fingerprint density at radius 3 is 2.83 bits per heavy atom. The van der Waals surface area contributed by atoms with Crippen LogP contribution in [0.15, 0.2) is 12.3 Å². The average Bonchev–Trinajstić information content (AvgIpc) is 2.86. The first-order chi connectivity index (χ1) is 8.68. The number of carbonyl (C=O) groups excluding carboxylic acids is 1. The number of nitrogens with zero attached hydrogens (tertiary/aromatic N) is 2. The second-order valence-corrected chi connectivity index (χ2v) is 5.47. The van der Waals surface area contributed by atoms with Gasteiger partial charge >= 0.3 is 0 Å². The van der Waals surface area contributed by atoms with E-state index in [-0.39, 0.29) is 11.9 Å². The Morgan fingerprint density at radius 1 is 1.44 bits per heavy atom. The molecule has 0 aliphatic heterocycles. The standard InChI is InChI=1S/C14H23N3O/c1-11(2)17-13(8-9-16-17)14(18)15-10-12-6-4-3-5-7-12/h8-9,11-12H,3-7,10H2,1-2H3,(H,15,18). The molecule has 1 aliphatic rings. The molecule has 4 nitrogen and oxygen atoms in total. The van der Waals surface area contributed by atoms with Crippen molar-refractivity contribution in [3.8, 4) is 0 Å². The number of nitrogens with one attached hydrogen (secondary N) is 1. The van der Waals surface area contributed by atoms with E-state index in [1.807, 2.05) is 13.8 Å². The van der Waals surface area contributed by atoms with Gasteiger partial charge in [-0.2, -0.15) is 5.10 Å². The lowest BCUT2D eigenvalue weighted by molar-refractivity contribution is 0.0931. The van der Waals surface area contributed by atoms with Crippen molar-refractivity contribution >= 4 is 5.91 Å². The molecule has 0 spiro atoms. The van der Waals surface area contributed by atoms with E-state index in [2.05, 4.69) is 10.4 Å². The molecular weight excluding hydrogens is 226 g/mol. The molecule has 0 atom stereocenters. The molecule has 1 aromatic rings. The van der Waals surface area contributed by atoms with Crippen LogP contribution in [0.25, 0.3) is 0 Å². The van der Waals surface area contributed by atoms with E-state index in [1.165, 1.54) is 32.1 Å². The molecule has 1 aliphatic carbocycles. The van der Waals surface area contributed by atoms with Crippen molar-refractivity contribution in [3.05, 3.63) is 18.0 Å². The molecule has 1 aromatic heterocycles. The average molecular weight is 249 g/mol. The van der Waals surface area contributed by atoms with Crippen LogP contribution in [0.5, 0.6) is 0 Å². The largest absolute Gasteiger partial charge is 0.350 e. The Balaban J connectivity index is 1.89. The SMILES string of the molecule is CC(C)n1nccc1C(=O)NCC1CCCCC1. The molecule has 1 heterocycles. The fourth-order valence-corrected chi connectivity index (χ4v) is 2.62. The van der Waals surface area contributed by atoms with E-state index >= 15 is 0 Å². The van der Waals surface area contributed by atoms with Crippen LogP contribution in [0.4, 0.5) is 0 Å². The van der Waals surface area contributed by atoms with Crippen molar-refractivity contribution in [2.75, 3.05) is 6.54 Å². The lowest BCUT2D eigenvalue weighted by atomic mass is 9.89. The Morgan fingerprint density at radius 2 is 2.17 bits per heavy atom. The smallest absolute Gasteiger partial charge is 0.269 e. The lowest BCUT2D eigenvalue weighted by Gasteiger charge is -2.21. The lowest BCUT2D eigenvalue weighted by Crippen LogP contribution is -2.32. The number of rotatable bonds is 4. The second kappa shape index (κ2) is 6.03. The first kappa shape index (κ1) is 13.1. The number of carbonyl (C=O) groups is 1. The molecule has 0 unspecified atom stereocenters. The van der Waals surface area contributed by atoms with Crippen LogP contribution in [-0.2, 0) is 0 Å². The minimum atomic E-state index is 0.00627. The predicted molar refractivity (Wildman–Crippen MR) is 71.5 cm³/mol. The molecule has 100 valence electrons. The van der Waals surface area contributed by atoms with Crippen molar-refractivity contribution in [3.63, 3.8) is 0 Å². The highest BCUT2D eigenvalue weighted by molar-refractivity contribution is 5.92. The second-order valence-electron chi connectivity index (χ2n) is 5.47. The highest BCUT2D eigenvalue weighted by Gasteiger charge is 2.17. The minimum absolute atomic E-state index is 0.00627. The molecule has 1 N–H and O–H groups in total. The van der Waals surface area contributed by atoms with E-state index in [4.69, 9.17) is 0 Å². The van der Waals surface area contributed by atoms with Gasteiger partial charge in [0.15, 0.2) is 0 Å². The van der Waals surface area contributed by atoms with Crippen LogP contribution in [-0.4, -0.2) is 22.2 Å². The molecule has 1 fully saturated rings. The molecule has 1 saturated carbocycles. The number of hydrogen-bond acceptors (Lipinski definition) is 2. The van der Waals surface area contributed by atoms with Crippen molar-refractivity contribution in [1.82, 2.24) is 15.1 Å². The Kier molecular flexibility index (Phi) is 4.39. The fourth-order valence-electron chi connectivity index (χ4n) is 2.62. The first-order valence-electron chi connectivity index (χ1n) is 7.00. The van der Waals surface area contributed by atoms with E-state index in [1.54, 1.807) is 16.9 Å². The monoisotopic (exact) mass is 249 g/mol. The van der Waals surface area contributed by atoms with Crippen LogP contribution in [0.1, 0.15) is 62.5 Å². The van der Waals surface area contributed by atoms with Crippen molar-refractivity contribution < 1.29 is 4.79 Å². The highest BCUT2D eigenvalue weighted by Crippen LogP contribution is 2.22. The van der Waals surface area contributed by atoms with E-state index in [9.17, 15) is 4.79 Å². The van der Waals surface area contributed by atoms with Gasteiger partial charge in [-0.15, -0.1) is 0 Å². The van der Waals surface area contributed by atoms with Crippen LogP contribution in [0.2, 0.25) is 0 Å². The van der Waals surface area contributed by atoms with Gasteiger partial charge in [0.1, 0.15) is 5.69 Å². The topological polar surface area (TPSA) is 46.9 Å². The summed E-state index contributed by atoms with van der Waals surface area (Å²) in [5.41, 5.74) is 0.667. The van der Waals surface area contributed by atoms with Gasteiger partial charge in [0.25, 0.3) is 5.91 Å². The van der Waals surface area contributed by atoms with Gasteiger partial charge in [-0.05, 0) is 38.7 Å². The van der Waals surface area contributed by atoms with Crippen LogP contribution in [0.3, 0.4) is 0 Å². The van der Waals surface area contributed by atoms with Crippen LogP contribution in [0, 0.1) is 5.92 Å². The summed E-state index contributed by atoms with van der Waals surface area (Å²) in [7, 11) is 0. The van der Waals surface area contributed by atoms with Crippen molar-refractivity contribution in [2.24, 2.45) is 5.92 Å². The fraction of sp³-hybridized carbons (Fsp3) is 0.714. The normalized spacial score (nSPS) is 17.1. The highest BCUT2D eigenvalue weighted by atomic mass is 16.2. The van der Waals surface area contributed by atoms with Crippen molar-refractivity contribution in [1.29, 1.82) is 0 Å². The number of aromatic nitrogens is 2. The number of hydrogen-bond donors (Lipinski definition) is 1. The zero-order valence-electron chi connectivity index (χ0n) is 11.4. The summed E-state index contributed by atoms with van der Waals surface area (Å²) < 4.78 is 1.77. The summed E-state index contributed by atoms with van der Waals surface area (Å²) in [4.78, 5) is 12.1. The summed E-state index contributed by atoms with van der Waals surface area (Å²) >= 11 is 0. The van der Waals surface area contributed by atoms with E-state index in [0.29, 0.717) is 11.6 Å². The van der Waals surface area contributed by atoms with Crippen LogP contribution >= 0.6 is 0 Å². The third-order valence-electron chi connectivity index (χ3n) is 3.67. The number of amides is 1. The molecule has 0 saturated heterocycles. The quantitative estimate of drug-likeness (QED) is 0.892. The van der Waals surface area contributed by atoms with Gasteiger partial charge < -0.3 is 5.32 Å². The minimum Gasteiger partial charge on any atom is -0.350 e. The van der Waals surface area contributed by atoms with Gasteiger partial charge in [-0.1, -0.05) is 19.3 Å².